The normalized spacial score (nSPS) is 9.40. The molecule has 1 aromatic carbocycles. The minimum absolute atomic E-state index is 0.0889. The third kappa shape index (κ3) is 4.73. The Kier molecular flexibility index (Phi) is 5.17. The Bertz CT molecular complexity index is 595. The van der Waals surface area contributed by atoms with Gasteiger partial charge in [0.25, 0.3) is 0 Å². The predicted octanol–water partition coefficient (Wildman–Crippen LogP) is 1.21. The third-order valence-electron chi connectivity index (χ3n) is 2.17. The summed E-state index contributed by atoms with van der Waals surface area (Å²) >= 11 is 0. The molecule has 0 aliphatic carbocycles. The van der Waals surface area contributed by atoms with E-state index in [1.165, 1.54) is 12.1 Å². The van der Waals surface area contributed by atoms with Crippen molar-refractivity contribution in [2.75, 3.05) is 5.32 Å². The van der Waals surface area contributed by atoms with Crippen LogP contribution >= 0.6 is 0 Å². The molecule has 0 radical (unpaired) electrons. The Morgan fingerprint density at radius 3 is 2.55 bits per heavy atom. The van der Waals surface area contributed by atoms with E-state index in [9.17, 15) is 18.8 Å². The first kappa shape index (κ1) is 15.1. The van der Waals surface area contributed by atoms with Crippen molar-refractivity contribution in [3.8, 4) is 6.07 Å². The summed E-state index contributed by atoms with van der Waals surface area (Å²) in [6, 6.07) is 4.15. The van der Waals surface area contributed by atoms with Gasteiger partial charge in [0, 0.05) is 6.42 Å². The first-order valence-corrected chi connectivity index (χ1v) is 5.44. The van der Waals surface area contributed by atoms with E-state index in [-0.39, 0.29) is 17.7 Å². The van der Waals surface area contributed by atoms with Crippen molar-refractivity contribution in [2.45, 2.75) is 12.8 Å². The van der Waals surface area contributed by atoms with E-state index in [2.05, 4.69) is 5.32 Å². The lowest BCUT2D eigenvalue weighted by Crippen LogP contribution is -2.34. The van der Waals surface area contributed by atoms with Crippen molar-refractivity contribution in [1.29, 1.82) is 5.26 Å². The number of carbonyl (C=O) groups is 3. The zero-order valence-electron chi connectivity index (χ0n) is 10.1. The van der Waals surface area contributed by atoms with Crippen LogP contribution in [0.2, 0.25) is 0 Å². The Morgan fingerprint density at radius 1 is 1.30 bits per heavy atom. The molecule has 0 spiro atoms. The molecule has 0 fully saturated rings. The average Bonchev–Trinajstić information content (AvgIpc) is 2.38. The molecule has 7 nitrogen and oxygen atoms in total. The molecule has 0 aliphatic rings. The van der Waals surface area contributed by atoms with E-state index in [0.717, 1.165) is 6.07 Å². The maximum atomic E-state index is 13.4. The number of carboxylic acid groups (broad SMARTS) is 1. The maximum Gasteiger partial charge on any atom is 0.325 e. The van der Waals surface area contributed by atoms with E-state index in [4.69, 9.17) is 10.4 Å². The van der Waals surface area contributed by atoms with Crippen LogP contribution in [0.1, 0.15) is 18.4 Å². The molecule has 0 unspecified atom stereocenters. The molecule has 3 amide bonds. The van der Waals surface area contributed by atoms with Crippen molar-refractivity contribution in [2.24, 2.45) is 0 Å². The van der Waals surface area contributed by atoms with Crippen LogP contribution in [0.15, 0.2) is 18.2 Å². The van der Waals surface area contributed by atoms with Crippen LogP contribution in [0, 0.1) is 17.1 Å². The molecule has 0 atom stereocenters. The lowest BCUT2D eigenvalue weighted by Gasteiger charge is -2.07. The van der Waals surface area contributed by atoms with Gasteiger partial charge < -0.3 is 10.4 Å². The van der Waals surface area contributed by atoms with Gasteiger partial charge in [-0.3, -0.25) is 14.9 Å². The second-order valence-electron chi connectivity index (χ2n) is 3.70. The zero-order chi connectivity index (χ0) is 15.1. The average molecular weight is 279 g/mol. The number of carboxylic acids is 1. The summed E-state index contributed by atoms with van der Waals surface area (Å²) in [5.74, 6) is -2.78. The van der Waals surface area contributed by atoms with Crippen molar-refractivity contribution in [3.05, 3.63) is 29.6 Å². The van der Waals surface area contributed by atoms with Crippen LogP contribution < -0.4 is 10.6 Å². The van der Waals surface area contributed by atoms with Crippen LogP contribution in [0.25, 0.3) is 0 Å². The SMILES string of the molecule is N#Cc1ccc(NC(=O)NC(=O)CCC(=O)O)c(F)c1. The Morgan fingerprint density at radius 2 is 2.00 bits per heavy atom. The largest absolute Gasteiger partial charge is 0.481 e. The van der Waals surface area contributed by atoms with Gasteiger partial charge in [-0.25, -0.2) is 9.18 Å². The highest BCUT2D eigenvalue weighted by atomic mass is 19.1. The lowest BCUT2D eigenvalue weighted by atomic mass is 10.2. The van der Waals surface area contributed by atoms with Crippen molar-refractivity contribution >= 4 is 23.6 Å². The number of hydrogen-bond donors (Lipinski definition) is 3. The number of urea groups is 1. The Balaban J connectivity index is 2.56. The highest BCUT2D eigenvalue weighted by Gasteiger charge is 2.12. The van der Waals surface area contributed by atoms with Crippen LogP contribution in [-0.2, 0) is 9.59 Å². The minimum atomic E-state index is -1.17. The van der Waals surface area contributed by atoms with E-state index < -0.39 is 30.1 Å². The van der Waals surface area contributed by atoms with Gasteiger partial charge in [0.2, 0.25) is 5.91 Å². The maximum absolute atomic E-state index is 13.4. The molecule has 0 bridgehead atoms. The fourth-order valence-corrected chi connectivity index (χ4v) is 1.25. The summed E-state index contributed by atoms with van der Waals surface area (Å²) < 4.78 is 13.4. The van der Waals surface area contributed by atoms with Crippen molar-refractivity contribution < 1.29 is 23.9 Å². The monoisotopic (exact) mass is 279 g/mol. The molecule has 0 saturated carbocycles. The molecule has 8 heteroatoms. The summed E-state index contributed by atoms with van der Waals surface area (Å²) in [6.07, 6.45) is -0.775. The van der Waals surface area contributed by atoms with Crippen molar-refractivity contribution in [3.63, 3.8) is 0 Å². The first-order chi connectivity index (χ1) is 9.42. The summed E-state index contributed by atoms with van der Waals surface area (Å²) in [7, 11) is 0. The highest BCUT2D eigenvalue weighted by Crippen LogP contribution is 2.15. The summed E-state index contributed by atoms with van der Waals surface area (Å²) in [5, 5.41) is 20.8. The Hall–Kier alpha value is -2.95. The van der Waals surface area contributed by atoms with Gasteiger partial charge >= 0.3 is 12.0 Å². The second kappa shape index (κ2) is 6.84. The number of nitrogens with zero attached hydrogens (tertiary/aromatic N) is 1. The number of rotatable bonds is 4. The molecule has 3 N–H and O–H groups in total. The minimum Gasteiger partial charge on any atom is -0.481 e. The molecular weight excluding hydrogens is 269 g/mol. The van der Waals surface area contributed by atoms with E-state index in [1.54, 1.807) is 6.07 Å². The van der Waals surface area contributed by atoms with Gasteiger partial charge in [-0.05, 0) is 18.2 Å². The number of imide groups is 1. The quantitative estimate of drug-likeness (QED) is 0.765. The number of hydrogen-bond acceptors (Lipinski definition) is 4. The van der Waals surface area contributed by atoms with Crippen LogP contribution in [-0.4, -0.2) is 23.0 Å². The lowest BCUT2D eigenvalue weighted by molar-refractivity contribution is -0.138. The number of carbonyl (C=O) groups excluding carboxylic acids is 2. The van der Waals surface area contributed by atoms with Gasteiger partial charge in [0.05, 0.1) is 23.7 Å². The van der Waals surface area contributed by atoms with Gasteiger partial charge in [-0.2, -0.15) is 5.26 Å². The van der Waals surface area contributed by atoms with Crippen LogP contribution in [0.5, 0.6) is 0 Å². The fourth-order valence-electron chi connectivity index (χ4n) is 1.25. The number of amides is 3. The van der Waals surface area contributed by atoms with Crippen LogP contribution in [0.4, 0.5) is 14.9 Å². The highest BCUT2D eigenvalue weighted by molar-refractivity contribution is 6.01. The molecule has 0 aromatic heterocycles. The number of halogens is 1. The van der Waals surface area contributed by atoms with E-state index in [0.29, 0.717) is 0 Å². The Labute approximate surface area is 113 Å². The van der Waals surface area contributed by atoms with E-state index >= 15 is 0 Å². The standard InChI is InChI=1S/C12H10FN3O4/c13-8-5-7(6-14)1-2-9(8)15-12(20)16-10(17)3-4-11(18)19/h1-2,5H,3-4H2,(H,18,19)(H2,15,16,17,20). The molecule has 0 aliphatic heterocycles. The first-order valence-electron chi connectivity index (χ1n) is 5.44. The van der Waals surface area contributed by atoms with Gasteiger partial charge in [0.1, 0.15) is 5.82 Å². The van der Waals surface area contributed by atoms with Crippen LogP contribution in [0.3, 0.4) is 0 Å². The van der Waals surface area contributed by atoms with Gasteiger partial charge in [-0.15, -0.1) is 0 Å². The smallest absolute Gasteiger partial charge is 0.325 e. The third-order valence-corrected chi connectivity index (χ3v) is 2.17. The molecule has 0 heterocycles. The second-order valence-corrected chi connectivity index (χ2v) is 3.70. The molecule has 1 rings (SSSR count). The number of aliphatic carboxylic acids is 1. The topological polar surface area (TPSA) is 119 Å². The van der Waals surface area contributed by atoms with Gasteiger partial charge in [-0.1, -0.05) is 0 Å². The zero-order valence-corrected chi connectivity index (χ0v) is 10.1. The number of anilines is 1. The van der Waals surface area contributed by atoms with Gasteiger partial charge in [0.15, 0.2) is 0 Å². The number of benzene rings is 1. The summed E-state index contributed by atoms with van der Waals surface area (Å²) in [5.41, 5.74) is -0.112. The summed E-state index contributed by atoms with van der Waals surface area (Å²) in [4.78, 5) is 32.7. The molecule has 104 valence electrons. The summed E-state index contributed by atoms with van der Waals surface area (Å²) in [6.45, 7) is 0. The van der Waals surface area contributed by atoms with E-state index in [1.807, 2.05) is 5.32 Å². The molecular formula is C12H10FN3O4. The molecule has 1 aromatic rings. The number of nitrogens with one attached hydrogen (secondary N) is 2. The number of nitriles is 1. The predicted molar refractivity (Wildman–Crippen MR) is 65.1 cm³/mol. The fraction of sp³-hybridized carbons (Fsp3) is 0.167. The molecule has 20 heavy (non-hydrogen) atoms. The van der Waals surface area contributed by atoms with Crippen molar-refractivity contribution in [1.82, 2.24) is 5.32 Å². The molecule has 0 saturated heterocycles.